The van der Waals surface area contributed by atoms with Gasteiger partial charge in [0.15, 0.2) is 35.1 Å². The van der Waals surface area contributed by atoms with Crippen LogP contribution in [0.4, 0.5) is 11.8 Å². The quantitative estimate of drug-likeness (QED) is 0.138. The number of phosphoric acid groups is 2. The predicted molar refractivity (Wildman–Crippen MR) is 147 cm³/mol. The lowest BCUT2D eigenvalue weighted by Crippen LogP contribution is -2.36. The van der Waals surface area contributed by atoms with Gasteiger partial charge in [0.1, 0.15) is 36.3 Å². The summed E-state index contributed by atoms with van der Waals surface area (Å²) in [5.41, 5.74) is 11.2. The lowest BCUT2D eigenvalue weighted by molar-refractivity contribution is -0.0671. The molecule has 8 N–H and O–H groups in total. The molecule has 45 heavy (non-hydrogen) atoms. The molecule has 0 aliphatic carbocycles. The van der Waals surface area contributed by atoms with Gasteiger partial charge < -0.3 is 35.8 Å². The van der Waals surface area contributed by atoms with Gasteiger partial charge in [-0.25, -0.2) is 29.1 Å². The molecule has 3 aliphatic rings. The Labute approximate surface area is 250 Å². The first kappa shape index (κ1) is 30.3. The number of nitrogens with two attached hydrogens (primary N) is 2. The standard InChI is InChI=1S/C21H26N10O12P2/c1-7-8-2-38-45(36,37)43-14-9(41-19(12(14)32)30-5-26-10-15(22)24-4-25-16(10)30)3-39-44(34,35)42-13(7)20(40-8)31-6-27-11-17(31)28-21(23)29-18(11)33/h4-9,12-14,19-20,32H,2-3H2,1H3,(H,34,35)(H,36,37)(H2,22,24,25)(H3,23,28,29,33)/t7?,8-,9-,12?,13+,14+,19-,20-/m1/s1. The lowest BCUT2D eigenvalue weighted by atomic mass is 10.0. The number of aliphatic hydroxyl groups excluding tert-OH is 1. The van der Waals surface area contributed by atoms with Crippen LogP contribution in [0.3, 0.4) is 0 Å². The van der Waals surface area contributed by atoms with E-state index in [1.54, 1.807) is 6.92 Å². The summed E-state index contributed by atoms with van der Waals surface area (Å²) in [6, 6.07) is 0. The summed E-state index contributed by atoms with van der Waals surface area (Å²) in [5.74, 6) is -0.939. The summed E-state index contributed by atoms with van der Waals surface area (Å²) in [7, 11) is -9.91. The Kier molecular flexibility index (Phi) is 7.30. The molecule has 242 valence electrons. The molecular weight excluding hydrogens is 646 g/mol. The van der Waals surface area contributed by atoms with Crippen LogP contribution in [-0.2, 0) is 36.7 Å². The van der Waals surface area contributed by atoms with Gasteiger partial charge in [0.2, 0.25) is 5.95 Å². The summed E-state index contributed by atoms with van der Waals surface area (Å²) < 4.78 is 62.3. The Morgan fingerprint density at radius 3 is 2.24 bits per heavy atom. The number of nitrogens with zero attached hydrogens (tertiary/aromatic N) is 7. The molecule has 4 aromatic heterocycles. The van der Waals surface area contributed by atoms with E-state index in [4.69, 9.17) is 39.0 Å². The predicted octanol–water partition coefficient (Wildman–Crippen LogP) is -1.07. The van der Waals surface area contributed by atoms with E-state index < -0.39 is 83.3 Å². The van der Waals surface area contributed by atoms with Crippen molar-refractivity contribution in [3.05, 3.63) is 29.3 Å². The van der Waals surface area contributed by atoms with Crippen molar-refractivity contribution in [1.82, 2.24) is 39.0 Å². The number of imidazole rings is 2. The highest BCUT2D eigenvalue weighted by molar-refractivity contribution is 7.47. The summed E-state index contributed by atoms with van der Waals surface area (Å²) in [5, 5.41) is 11.2. The highest BCUT2D eigenvalue weighted by Crippen LogP contribution is 2.54. The van der Waals surface area contributed by atoms with Crippen molar-refractivity contribution in [2.45, 2.75) is 49.9 Å². The normalized spacial score (nSPS) is 37.7. The highest BCUT2D eigenvalue weighted by atomic mass is 31.2. The number of H-pyrrole nitrogens is 1. The number of hydrogen-bond donors (Lipinski definition) is 6. The van der Waals surface area contributed by atoms with Gasteiger partial charge in [0, 0.05) is 5.92 Å². The molecule has 0 saturated carbocycles. The maximum atomic E-state index is 13.3. The Bertz CT molecular complexity index is 1940. The Morgan fingerprint density at radius 2 is 1.51 bits per heavy atom. The lowest BCUT2D eigenvalue weighted by Gasteiger charge is -2.26. The molecule has 4 aromatic rings. The van der Waals surface area contributed by atoms with Crippen LogP contribution in [0, 0.1) is 5.92 Å². The maximum Gasteiger partial charge on any atom is 0.472 e. The number of anilines is 2. The molecule has 3 aliphatic heterocycles. The minimum Gasteiger partial charge on any atom is -0.386 e. The molecular formula is C21H26N10O12P2. The van der Waals surface area contributed by atoms with Gasteiger partial charge in [-0.3, -0.25) is 37.0 Å². The molecule has 0 spiro atoms. The van der Waals surface area contributed by atoms with Gasteiger partial charge in [0.05, 0.1) is 32.0 Å². The van der Waals surface area contributed by atoms with E-state index in [0.717, 1.165) is 0 Å². The average Bonchev–Trinajstić information content (AvgIpc) is 3.72. The number of aliphatic hydroxyl groups is 1. The average molecular weight is 672 g/mol. The summed E-state index contributed by atoms with van der Waals surface area (Å²) in [6.07, 6.45) is -5.93. The molecule has 22 nitrogen and oxygen atoms in total. The van der Waals surface area contributed by atoms with Gasteiger partial charge >= 0.3 is 15.6 Å². The summed E-state index contributed by atoms with van der Waals surface area (Å²) >= 11 is 0. The number of ether oxygens (including phenoxy) is 2. The fraction of sp³-hybridized carbons (Fsp3) is 0.524. The van der Waals surface area contributed by atoms with E-state index in [9.17, 15) is 28.8 Å². The number of fused-ring (bicyclic) bond motifs is 5. The Hall–Kier alpha value is -3.40. The molecule has 10 atom stereocenters. The van der Waals surface area contributed by atoms with Crippen molar-refractivity contribution in [2.24, 2.45) is 5.92 Å². The number of rotatable bonds is 2. The second kappa shape index (κ2) is 10.9. The third-order valence-corrected chi connectivity index (χ3v) is 9.68. The minimum absolute atomic E-state index is 0.0177. The summed E-state index contributed by atoms with van der Waals surface area (Å²) in [4.78, 5) is 56.3. The maximum absolute atomic E-state index is 13.3. The van der Waals surface area contributed by atoms with Crippen LogP contribution in [0.25, 0.3) is 22.3 Å². The van der Waals surface area contributed by atoms with Gasteiger partial charge in [-0.05, 0) is 0 Å². The monoisotopic (exact) mass is 672 g/mol. The minimum atomic E-state index is -4.95. The van der Waals surface area contributed by atoms with Crippen molar-refractivity contribution in [1.29, 1.82) is 0 Å². The Balaban J connectivity index is 1.21. The van der Waals surface area contributed by atoms with Gasteiger partial charge in [-0.15, -0.1) is 0 Å². The van der Waals surface area contributed by atoms with E-state index in [-0.39, 0.29) is 34.1 Å². The third-order valence-electron chi connectivity index (χ3n) is 7.71. The number of hydrogen-bond acceptors (Lipinski definition) is 17. The Morgan fingerprint density at radius 1 is 0.889 bits per heavy atom. The van der Waals surface area contributed by atoms with Crippen molar-refractivity contribution in [3.8, 4) is 0 Å². The molecule has 24 heteroatoms. The van der Waals surface area contributed by atoms with Crippen LogP contribution in [0.2, 0.25) is 0 Å². The van der Waals surface area contributed by atoms with Crippen LogP contribution in [0.1, 0.15) is 19.4 Å². The molecule has 7 heterocycles. The van der Waals surface area contributed by atoms with E-state index in [1.807, 2.05) is 0 Å². The molecule has 0 amide bonds. The van der Waals surface area contributed by atoms with Crippen LogP contribution in [-0.4, -0.2) is 97.7 Å². The van der Waals surface area contributed by atoms with E-state index in [1.165, 1.54) is 28.1 Å². The molecule has 7 rings (SSSR count). The van der Waals surface area contributed by atoms with Crippen molar-refractivity contribution < 1.29 is 51.6 Å². The van der Waals surface area contributed by atoms with Gasteiger partial charge in [-0.1, -0.05) is 6.92 Å². The smallest absolute Gasteiger partial charge is 0.386 e. The third kappa shape index (κ3) is 5.32. The SMILES string of the molecule is CC1[C@H]2COP(=O)(O)O[C@@H]3C(O)[C@H](n4cnc5c(N)ncnc54)O[C@@H]3COP(=O)(O)O[C@@H]1[C@H](n1cnc3c(=O)[nH]c(N)nc31)O2. The number of phosphoric ester groups is 2. The molecule has 4 unspecified atom stereocenters. The van der Waals surface area contributed by atoms with Gasteiger partial charge in [-0.2, -0.15) is 4.98 Å². The zero-order valence-corrected chi connectivity index (χ0v) is 24.7. The molecule has 3 saturated heterocycles. The number of nitrogen functional groups attached to an aromatic ring is 2. The van der Waals surface area contributed by atoms with E-state index in [0.29, 0.717) is 0 Å². The zero-order chi connectivity index (χ0) is 31.8. The first-order chi connectivity index (χ1) is 21.3. The fourth-order valence-electron chi connectivity index (χ4n) is 5.52. The number of aromatic amines is 1. The first-order valence-corrected chi connectivity index (χ1v) is 16.3. The highest BCUT2D eigenvalue weighted by Gasteiger charge is 2.53. The van der Waals surface area contributed by atoms with Gasteiger partial charge in [0.25, 0.3) is 5.56 Å². The largest absolute Gasteiger partial charge is 0.472 e. The van der Waals surface area contributed by atoms with E-state index >= 15 is 0 Å². The topological polar surface area (TPSA) is 309 Å². The van der Waals surface area contributed by atoms with Crippen LogP contribution in [0.15, 0.2) is 23.8 Å². The zero-order valence-electron chi connectivity index (χ0n) is 23.0. The second-order valence-corrected chi connectivity index (χ2v) is 13.3. The van der Waals surface area contributed by atoms with Crippen LogP contribution in [0.5, 0.6) is 0 Å². The first-order valence-electron chi connectivity index (χ1n) is 13.3. The number of aromatic nitrogens is 8. The molecule has 0 radical (unpaired) electrons. The molecule has 2 bridgehead atoms. The van der Waals surface area contributed by atoms with Crippen molar-refractivity contribution in [2.75, 3.05) is 24.7 Å². The van der Waals surface area contributed by atoms with Crippen LogP contribution >= 0.6 is 15.6 Å². The molecule has 3 fully saturated rings. The molecule has 0 aromatic carbocycles. The van der Waals surface area contributed by atoms with Crippen LogP contribution < -0.4 is 17.0 Å². The number of nitrogens with one attached hydrogen (secondary N) is 1. The van der Waals surface area contributed by atoms with E-state index in [2.05, 4.69) is 29.9 Å². The van der Waals surface area contributed by atoms with Crippen molar-refractivity contribution in [3.63, 3.8) is 0 Å². The van der Waals surface area contributed by atoms with Crippen molar-refractivity contribution >= 4 is 49.7 Å². The second-order valence-electron chi connectivity index (χ2n) is 10.5. The summed E-state index contributed by atoms with van der Waals surface area (Å²) in [6.45, 7) is 0.255. The fourth-order valence-corrected chi connectivity index (χ4v) is 7.48.